The van der Waals surface area contributed by atoms with Gasteiger partial charge >= 0.3 is 0 Å². The predicted molar refractivity (Wildman–Crippen MR) is 109 cm³/mol. The van der Waals surface area contributed by atoms with Crippen molar-refractivity contribution in [3.63, 3.8) is 0 Å². The first kappa shape index (κ1) is 18.1. The van der Waals surface area contributed by atoms with E-state index in [1.807, 2.05) is 42.5 Å². The van der Waals surface area contributed by atoms with Crippen molar-refractivity contribution in [1.82, 2.24) is 20.3 Å². The molecule has 3 aromatic rings. The monoisotopic (exact) mass is 373 g/mol. The van der Waals surface area contributed by atoms with Crippen LogP contribution in [0.15, 0.2) is 60.9 Å². The van der Waals surface area contributed by atoms with Gasteiger partial charge in [0, 0.05) is 43.7 Å². The van der Waals surface area contributed by atoms with E-state index >= 15 is 0 Å². The highest BCUT2D eigenvalue weighted by atomic mass is 16.1. The zero-order chi connectivity index (χ0) is 19.2. The van der Waals surface area contributed by atoms with E-state index in [0.717, 1.165) is 42.9 Å². The molecule has 2 aromatic heterocycles. The van der Waals surface area contributed by atoms with Gasteiger partial charge in [-0.1, -0.05) is 36.4 Å². The van der Waals surface area contributed by atoms with Crippen LogP contribution in [-0.2, 0) is 6.54 Å². The number of benzene rings is 1. The van der Waals surface area contributed by atoms with Crippen LogP contribution < -0.4 is 10.2 Å². The number of rotatable bonds is 5. The summed E-state index contributed by atoms with van der Waals surface area (Å²) < 4.78 is 0. The molecule has 0 spiro atoms. The van der Waals surface area contributed by atoms with E-state index < -0.39 is 0 Å². The molecule has 1 aliphatic heterocycles. The topological polar surface area (TPSA) is 71.0 Å². The molecule has 142 valence electrons. The van der Waals surface area contributed by atoms with Crippen molar-refractivity contribution >= 4 is 11.7 Å². The maximum atomic E-state index is 12.8. The highest BCUT2D eigenvalue weighted by Crippen LogP contribution is 2.23. The van der Waals surface area contributed by atoms with E-state index in [0.29, 0.717) is 18.1 Å². The van der Waals surface area contributed by atoms with Gasteiger partial charge < -0.3 is 10.2 Å². The van der Waals surface area contributed by atoms with Crippen LogP contribution in [0.25, 0.3) is 11.4 Å². The predicted octanol–water partition coefficient (Wildman–Crippen LogP) is 3.46. The molecule has 0 unspecified atom stereocenters. The minimum atomic E-state index is -0.207. The van der Waals surface area contributed by atoms with Crippen molar-refractivity contribution in [3.05, 3.63) is 72.2 Å². The summed E-state index contributed by atoms with van der Waals surface area (Å²) in [5.74, 6) is 1.19. The number of anilines is 1. The average Bonchev–Trinajstić information content (AvgIpc) is 2.79. The number of carbonyl (C=O) groups is 1. The first-order valence-corrected chi connectivity index (χ1v) is 9.66. The van der Waals surface area contributed by atoms with Gasteiger partial charge in [-0.05, 0) is 30.9 Å². The fourth-order valence-electron chi connectivity index (χ4n) is 3.33. The number of nitrogens with zero attached hydrogens (tertiary/aromatic N) is 4. The van der Waals surface area contributed by atoms with Crippen LogP contribution in [0.2, 0.25) is 0 Å². The molecule has 1 N–H and O–H groups in total. The smallest absolute Gasteiger partial charge is 0.270 e. The van der Waals surface area contributed by atoms with Crippen molar-refractivity contribution in [3.8, 4) is 11.4 Å². The van der Waals surface area contributed by atoms with Crippen LogP contribution in [0.5, 0.6) is 0 Å². The third-order valence-corrected chi connectivity index (χ3v) is 4.83. The first-order valence-electron chi connectivity index (χ1n) is 9.66. The fourth-order valence-corrected chi connectivity index (χ4v) is 3.33. The molecule has 1 aliphatic rings. The van der Waals surface area contributed by atoms with Crippen molar-refractivity contribution in [2.24, 2.45) is 0 Å². The molecular weight excluding hydrogens is 350 g/mol. The Balaban J connectivity index is 1.62. The summed E-state index contributed by atoms with van der Waals surface area (Å²) in [4.78, 5) is 28.4. The van der Waals surface area contributed by atoms with E-state index in [2.05, 4.69) is 20.2 Å². The van der Waals surface area contributed by atoms with Gasteiger partial charge in [0.25, 0.3) is 5.91 Å². The van der Waals surface area contributed by atoms with Crippen LogP contribution in [0.4, 0.5) is 5.82 Å². The average molecular weight is 373 g/mol. The molecule has 0 aliphatic carbocycles. The first-order chi connectivity index (χ1) is 13.8. The van der Waals surface area contributed by atoms with Gasteiger partial charge in [-0.3, -0.25) is 9.78 Å². The third kappa shape index (κ3) is 4.34. The van der Waals surface area contributed by atoms with Gasteiger partial charge in [0.15, 0.2) is 5.82 Å². The van der Waals surface area contributed by atoms with Crippen molar-refractivity contribution in [2.75, 3.05) is 18.0 Å². The Labute approximate surface area is 164 Å². The number of piperidine rings is 1. The molecule has 1 aromatic carbocycles. The second-order valence-electron chi connectivity index (χ2n) is 6.89. The Morgan fingerprint density at radius 2 is 1.82 bits per heavy atom. The van der Waals surface area contributed by atoms with Gasteiger partial charge in [-0.25, -0.2) is 9.97 Å². The van der Waals surface area contributed by atoms with Gasteiger partial charge in [0.1, 0.15) is 11.5 Å². The van der Waals surface area contributed by atoms with Gasteiger partial charge in [0.2, 0.25) is 0 Å². The molecule has 6 heteroatoms. The normalized spacial score (nSPS) is 13.9. The number of pyridine rings is 1. The summed E-state index contributed by atoms with van der Waals surface area (Å²) in [5, 5.41) is 2.94. The second-order valence-corrected chi connectivity index (χ2v) is 6.89. The summed E-state index contributed by atoms with van der Waals surface area (Å²) in [6, 6.07) is 15.4. The lowest BCUT2D eigenvalue weighted by atomic mass is 10.1. The SMILES string of the molecule is O=C(NCc1cccnc1)c1cc(N2CCCCC2)nc(-c2ccccc2)n1. The van der Waals surface area contributed by atoms with Crippen LogP contribution in [0, 0.1) is 0 Å². The lowest BCUT2D eigenvalue weighted by Crippen LogP contribution is -2.31. The zero-order valence-electron chi connectivity index (χ0n) is 15.7. The standard InChI is InChI=1S/C22H23N5O/c28-22(24-16-17-8-7-11-23-15-17)19-14-20(27-12-5-2-6-13-27)26-21(25-19)18-9-3-1-4-10-18/h1,3-4,7-11,14-15H,2,5-6,12-13,16H2,(H,24,28). The van der Waals surface area contributed by atoms with E-state index in [9.17, 15) is 4.79 Å². The number of carbonyl (C=O) groups excluding carboxylic acids is 1. The quantitative estimate of drug-likeness (QED) is 0.742. The van der Waals surface area contributed by atoms with Crippen LogP contribution in [0.1, 0.15) is 35.3 Å². The molecule has 0 atom stereocenters. The molecule has 0 saturated carbocycles. The largest absolute Gasteiger partial charge is 0.356 e. The van der Waals surface area contributed by atoms with Gasteiger partial charge in [0.05, 0.1) is 0 Å². The zero-order valence-corrected chi connectivity index (χ0v) is 15.7. The summed E-state index contributed by atoms with van der Waals surface area (Å²) >= 11 is 0. The maximum absolute atomic E-state index is 12.8. The molecule has 28 heavy (non-hydrogen) atoms. The van der Waals surface area contributed by atoms with Crippen LogP contribution >= 0.6 is 0 Å². The lowest BCUT2D eigenvalue weighted by molar-refractivity contribution is 0.0946. The van der Waals surface area contributed by atoms with Crippen LogP contribution in [-0.4, -0.2) is 33.9 Å². The molecule has 4 rings (SSSR count). The summed E-state index contributed by atoms with van der Waals surface area (Å²) in [6.07, 6.45) is 6.99. The third-order valence-electron chi connectivity index (χ3n) is 4.83. The molecular formula is C22H23N5O. The highest BCUT2D eigenvalue weighted by molar-refractivity contribution is 5.93. The highest BCUT2D eigenvalue weighted by Gasteiger charge is 2.18. The number of aromatic nitrogens is 3. The summed E-state index contributed by atoms with van der Waals surface area (Å²) in [6.45, 7) is 2.33. The summed E-state index contributed by atoms with van der Waals surface area (Å²) in [5.41, 5.74) is 2.24. The number of hydrogen-bond donors (Lipinski definition) is 1. The van der Waals surface area contributed by atoms with Gasteiger partial charge in [-0.2, -0.15) is 0 Å². The van der Waals surface area contributed by atoms with Crippen molar-refractivity contribution in [1.29, 1.82) is 0 Å². The van der Waals surface area contributed by atoms with Crippen LogP contribution in [0.3, 0.4) is 0 Å². The molecule has 0 bridgehead atoms. The maximum Gasteiger partial charge on any atom is 0.270 e. The Morgan fingerprint density at radius 1 is 1.00 bits per heavy atom. The van der Waals surface area contributed by atoms with E-state index in [-0.39, 0.29) is 5.91 Å². The number of nitrogens with one attached hydrogen (secondary N) is 1. The molecule has 0 radical (unpaired) electrons. The van der Waals surface area contributed by atoms with E-state index in [1.165, 1.54) is 6.42 Å². The minimum Gasteiger partial charge on any atom is -0.356 e. The Bertz CT molecular complexity index is 924. The molecule has 6 nitrogen and oxygen atoms in total. The van der Waals surface area contributed by atoms with E-state index in [1.54, 1.807) is 18.5 Å². The minimum absolute atomic E-state index is 0.207. The molecule has 1 amide bonds. The molecule has 3 heterocycles. The molecule has 1 fully saturated rings. The second kappa shape index (κ2) is 8.61. The Hall–Kier alpha value is -3.28. The number of hydrogen-bond acceptors (Lipinski definition) is 5. The van der Waals surface area contributed by atoms with Crippen molar-refractivity contribution < 1.29 is 4.79 Å². The van der Waals surface area contributed by atoms with Crippen molar-refractivity contribution in [2.45, 2.75) is 25.8 Å². The van der Waals surface area contributed by atoms with E-state index in [4.69, 9.17) is 4.98 Å². The number of amides is 1. The lowest BCUT2D eigenvalue weighted by Gasteiger charge is -2.28. The molecule has 1 saturated heterocycles. The Kier molecular flexibility index (Phi) is 5.56. The summed E-state index contributed by atoms with van der Waals surface area (Å²) in [7, 11) is 0. The Morgan fingerprint density at radius 3 is 2.57 bits per heavy atom. The fraction of sp³-hybridized carbons (Fsp3) is 0.273. The van der Waals surface area contributed by atoms with Gasteiger partial charge in [-0.15, -0.1) is 0 Å².